The van der Waals surface area contributed by atoms with Gasteiger partial charge in [0, 0.05) is 11.6 Å². The van der Waals surface area contributed by atoms with Gasteiger partial charge in [-0.15, -0.1) is 0 Å². The highest BCUT2D eigenvalue weighted by Gasteiger charge is 2.29. The Balaban J connectivity index is 2.39. The minimum atomic E-state index is -4.35. The highest BCUT2D eigenvalue weighted by Crippen LogP contribution is 2.23. The molecule has 2 rings (SSSR count). The summed E-state index contributed by atoms with van der Waals surface area (Å²) in [6.07, 6.45) is -5.54. The first-order valence-electron chi connectivity index (χ1n) is 5.10. The van der Waals surface area contributed by atoms with Crippen LogP contribution in [-0.4, -0.2) is 16.1 Å². The molecule has 0 aliphatic rings. The largest absolute Gasteiger partial charge is 0.396 e. The SMILES string of the molecule is FC(F)(F)Cc1nc(Cl)cc(-c2ccccc2)n1. The third-order valence-corrected chi connectivity index (χ3v) is 2.36. The summed E-state index contributed by atoms with van der Waals surface area (Å²) in [6.45, 7) is 0. The molecule has 0 atom stereocenters. The molecule has 18 heavy (non-hydrogen) atoms. The molecule has 0 amide bonds. The van der Waals surface area contributed by atoms with Crippen molar-refractivity contribution < 1.29 is 13.2 Å². The molecule has 0 aliphatic heterocycles. The Morgan fingerprint density at radius 1 is 1.06 bits per heavy atom. The van der Waals surface area contributed by atoms with Crippen LogP contribution in [-0.2, 0) is 6.42 Å². The van der Waals surface area contributed by atoms with E-state index in [9.17, 15) is 13.2 Å². The van der Waals surface area contributed by atoms with Gasteiger partial charge in [-0.1, -0.05) is 41.9 Å². The molecule has 0 saturated carbocycles. The van der Waals surface area contributed by atoms with Crippen LogP contribution in [0.25, 0.3) is 11.3 Å². The number of alkyl halides is 3. The van der Waals surface area contributed by atoms with Crippen LogP contribution in [0.15, 0.2) is 36.4 Å². The lowest BCUT2D eigenvalue weighted by Crippen LogP contribution is -2.14. The van der Waals surface area contributed by atoms with E-state index >= 15 is 0 Å². The zero-order chi connectivity index (χ0) is 13.2. The van der Waals surface area contributed by atoms with E-state index in [4.69, 9.17) is 11.6 Å². The average Bonchev–Trinajstić information content (AvgIpc) is 2.27. The van der Waals surface area contributed by atoms with E-state index in [1.165, 1.54) is 6.07 Å². The Hall–Kier alpha value is -1.62. The molecule has 0 saturated heterocycles. The lowest BCUT2D eigenvalue weighted by Gasteiger charge is -2.07. The lowest BCUT2D eigenvalue weighted by molar-refractivity contribution is -0.128. The van der Waals surface area contributed by atoms with Crippen molar-refractivity contribution in [1.82, 2.24) is 9.97 Å². The van der Waals surface area contributed by atoms with Gasteiger partial charge in [0.15, 0.2) is 0 Å². The molecular formula is C12H8ClF3N2. The molecule has 0 radical (unpaired) electrons. The zero-order valence-corrected chi connectivity index (χ0v) is 9.83. The van der Waals surface area contributed by atoms with Crippen molar-refractivity contribution in [2.75, 3.05) is 0 Å². The van der Waals surface area contributed by atoms with Gasteiger partial charge in [-0.05, 0) is 0 Å². The maximum Gasteiger partial charge on any atom is 0.396 e. The monoisotopic (exact) mass is 272 g/mol. The number of benzene rings is 1. The Labute approximate surface area is 106 Å². The van der Waals surface area contributed by atoms with Crippen LogP contribution in [0.3, 0.4) is 0 Å². The summed E-state index contributed by atoms with van der Waals surface area (Å²) in [4.78, 5) is 7.45. The van der Waals surface area contributed by atoms with Gasteiger partial charge in [0.25, 0.3) is 0 Å². The molecular weight excluding hydrogens is 265 g/mol. The number of hydrogen-bond donors (Lipinski definition) is 0. The average molecular weight is 273 g/mol. The van der Waals surface area contributed by atoms with Crippen molar-refractivity contribution in [3.63, 3.8) is 0 Å². The summed E-state index contributed by atoms with van der Waals surface area (Å²) >= 11 is 5.71. The Kier molecular flexibility index (Phi) is 3.52. The van der Waals surface area contributed by atoms with Gasteiger partial charge in [-0.3, -0.25) is 0 Å². The Bertz CT molecular complexity index is 541. The number of halogens is 4. The van der Waals surface area contributed by atoms with Gasteiger partial charge in [0.05, 0.1) is 5.69 Å². The Morgan fingerprint density at radius 3 is 2.33 bits per heavy atom. The van der Waals surface area contributed by atoms with Crippen molar-refractivity contribution in [3.8, 4) is 11.3 Å². The van der Waals surface area contributed by atoms with E-state index < -0.39 is 12.6 Å². The number of aromatic nitrogens is 2. The van der Waals surface area contributed by atoms with Crippen LogP contribution in [0.2, 0.25) is 5.15 Å². The maximum absolute atomic E-state index is 12.3. The van der Waals surface area contributed by atoms with E-state index in [2.05, 4.69) is 9.97 Å². The van der Waals surface area contributed by atoms with E-state index in [1.807, 2.05) is 6.07 Å². The van der Waals surface area contributed by atoms with Gasteiger partial charge in [-0.2, -0.15) is 13.2 Å². The molecule has 94 valence electrons. The standard InChI is InChI=1S/C12H8ClF3N2/c13-10-6-9(8-4-2-1-3-5-8)17-11(18-10)7-12(14,15)16/h1-6H,7H2. The fourth-order valence-corrected chi connectivity index (χ4v) is 1.68. The third kappa shape index (κ3) is 3.43. The first kappa shape index (κ1) is 12.8. The summed E-state index contributed by atoms with van der Waals surface area (Å²) < 4.78 is 36.9. The van der Waals surface area contributed by atoms with Gasteiger partial charge < -0.3 is 0 Å². The number of nitrogens with zero attached hydrogens (tertiary/aromatic N) is 2. The first-order valence-corrected chi connectivity index (χ1v) is 5.47. The molecule has 2 aromatic rings. The van der Waals surface area contributed by atoms with Crippen LogP contribution >= 0.6 is 11.6 Å². The normalized spacial score (nSPS) is 11.6. The molecule has 2 nitrogen and oxygen atoms in total. The van der Waals surface area contributed by atoms with E-state index in [1.54, 1.807) is 24.3 Å². The first-order chi connectivity index (χ1) is 8.44. The molecule has 1 aromatic heterocycles. The second-order valence-electron chi connectivity index (χ2n) is 3.65. The van der Waals surface area contributed by atoms with Crippen molar-refractivity contribution >= 4 is 11.6 Å². The lowest BCUT2D eigenvalue weighted by atomic mass is 10.1. The van der Waals surface area contributed by atoms with Crippen LogP contribution in [0, 0.1) is 0 Å². The predicted molar refractivity (Wildman–Crippen MR) is 62.2 cm³/mol. The highest BCUT2D eigenvalue weighted by atomic mass is 35.5. The number of rotatable bonds is 2. The molecule has 0 N–H and O–H groups in total. The molecule has 0 bridgehead atoms. The molecule has 6 heteroatoms. The molecule has 0 fully saturated rings. The van der Waals surface area contributed by atoms with Gasteiger partial charge >= 0.3 is 6.18 Å². The van der Waals surface area contributed by atoms with Gasteiger partial charge in [0.2, 0.25) is 0 Å². The minimum absolute atomic E-state index is 0.00287. The Morgan fingerprint density at radius 2 is 1.72 bits per heavy atom. The topological polar surface area (TPSA) is 25.8 Å². The summed E-state index contributed by atoms with van der Waals surface area (Å²) in [7, 11) is 0. The second-order valence-corrected chi connectivity index (χ2v) is 4.04. The van der Waals surface area contributed by atoms with E-state index in [-0.39, 0.29) is 11.0 Å². The van der Waals surface area contributed by atoms with E-state index in [0.29, 0.717) is 11.3 Å². The number of hydrogen-bond acceptors (Lipinski definition) is 2. The predicted octanol–water partition coefficient (Wildman–Crippen LogP) is 3.90. The molecule has 0 unspecified atom stereocenters. The van der Waals surface area contributed by atoms with E-state index in [0.717, 1.165) is 0 Å². The molecule has 1 heterocycles. The zero-order valence-electron chi connectivity index (χ0n) is 9.08. The van der Waals surface area contributed by atoms with Crippen molar-refractivity contribution in [2.45, 2.75) is 12.6 Å². The van der Waals surface area contributed by atoms with Crippen LogP contribution in [0.4, 0.5) is 13.2 Å². The smallest absolute Gasteiger partial charge is 0.232 e. The van der Waals surface area contributed by atoms with Crippen molar-refractivity contribution in [1.29, 1.82) is 0 Å². The van der Waals surface area contributed by atoms with Crippen LogP contribution in [0.5, 0.6) is 0 Å². The minimum Gasteiger partial charge on any atom is -0.232 e. The van der Waals surface area contributed by atoms with Crippen molar-refractivity contribution in [2.24, 2.45) is 0 Å². The molecule has 1 aromatic carbocycles. The summed E-state index contributed by atoms with van der Waals surface area (Å²) in [5, 5.41) is 0.00287. The quantitative estimate of drug-likeness (QED) is 0.775. The second kappa shape index (κ2) is 4.94. The summed E-state index contributed by atoms with van der Waals surface area (Å²) in [6, 6.07) is 10.3. The molecule has 0 aliphatic carbocycles. The highest BCUT2D eigenvalue weighted by molar-refractivity contribution is 6.29. The summed E-state index contributed by atoms with van der Waals surface area (Å²) in [5.74, 6) is -0.325. The summed E-state index contributed by atoms with van der Waals surface area (Å²) in [5.41, 5.74) is 1.08. The fraction of sp³-hybridized carbons (Fsp3) is 0.167. The van der Waals surface area contributed by atoms with Crippen molar-refractivity contribution in [3.05, 3.63) is 47.4 Å². The van der Waals surface area contributed by atoms with Crippen LogP contribution < -0.4 is 0 Å². The van der Waals surface area contributed by atoms with Crippen LogP contribution in [0.1, 0.15) is 5.82 Å². The molecule has 0 spiro atoms. The third-order valence-electron chi connectivity index (χ3n) is 2.17. The fourth-order valence-electron chi connectivity index (χ4n) is 1.48. The van der Waals surface area contributed by atoms with Gasteiger partial charge in [-0.25, -0.2) is 9.97 Å². The maximum atomic E-state index is 12.3. The van der Waals surface area contributed by atoms with Gasteiger partial charge in [0.1, 0.15) is 17.4 Å².